The molecule has 0 unspecified atom stereocenters. The normalized spacial score (nSPS) is 12.9. The molecule has 15 heavy (non-hydrogen) atoms. The van der Waals surface area contributed by atoms with Crippen molar-refractivity contribution >= 4 is 17.5 Å². The molecule has 1 atom stereocenters. The zero-order chi connectivity index (χ0) is 11.6. The SMILES string of the molecule is CC(C)[C@@H](C)NC(=O)c1cn(C)nc1Cl. The van der Waals surface area contributed by atoms with Gasteiger partial charge in [-0.1, -0.05) is 25.4 Å². The summed E-state index contributed by atoms with van der Waals surface area (Å²) in [7, 11) is 1.73. The zero-order valence-electron chi connectivity index (χ0n) is 9.41. The van der Waals surface area contributed by atoms with Crippen LogP contribution in [0, 0.1) is 5.92 Å². The van der Waals surface area contributed by atoms with Gasteiger partial charge in [0.2, 0.25) is 0 Å². The van der Waals surface area contributed by atoms with E-state index in [9.17, 15) is 4.79 Å². The Morgan fingerprint density at radius 2 is 2.13 bits per heavy atom. The molecule has 1 aromatic heterocycles. The maximum absolute atomic E-state index is 11.7. The topological polar surface area (TPSA) is 46.9 Å². The summed E-state index contributed by atoms with van der Waals surface area (Å²) in [4.78, 5) is 11.7. The van der Waals surface area contributed by atoms with E-state index in [4.69, 9.17) is 11.6 Å². The Hall–Kier alpha value is -1.03. The molecule has 0 saturated heterocycles. The summed E-state index contributed by atoms with van der Waals surface area (Å²) in [5.41, 5.74) is 0.423. The Kier molecular flexibility index (Phi) is 3.74. The maximum Gasteiger partial charge on any atom is 0.256 e. The first-order valence-corrected chi connectivity index (χ1v) is 5.29. The summed E-state index contributed by atoms with van der Waals surface area (Å²) < 4.78 is 1.53. The van der Waals surface area contributed by atoms with Crippen molar-refractivity contribution in [2.45, 2.75) is 26.8 Å². The van der Waals surface area contributed by atoms with E-state index >= 15 is 0 Å². The molecule has 0 spiro atoms. The predicted molar refractivity (Wildman–Crippen MR) is 60.0 cm³/mol. The number of carbonyl (C=O) groups is 1. The molecule has 0 bridgehead atoms. The van der Waals surface area contributed by atoms with E-state index in [-0.39, 0.29) is 17.1 Å². The van der Waals surface area contributed by atoms with Crippen molar-refractivity contribution in [3.8, 4) is 0 Å². The number of carbonyl (C=O) groups excluding carboxylic acids is 1. The van der Waals surface area contributed by atoms with Gasteiger partial charge in [-0.25, -0.2) is 0 Å². The average Bonchev–Trinajstić information content (AvgIpc) is 2.44. The Bertz CT molecular complexity index is 360. The van der Waals surface area contributed by atoms with E-state index in [1.807, 2.05) is 6.92 Å². The van der Waals surface area contributed by atoms with Gasteiger partial charge in [-0.3, -0.25) is 9.48 Å². The summed E-state index contributed by atoms with van der Waals surface area (Å²) in [6.45, 7) is 6.07. The predicted octanol–water partition coefficient (Wildman–Crippen LogP) is 1.85. The van der Waals surface area contributed by atoms with Gasteiger partial charge in [-0.05, 0) is 12.8 Å². The lowest BCUT2D eigenvalue weighted by molar-refractivity contribution is 0.0930. The van der Waals surface area contributed by atoms with Crippen LogP contribution in [0.25, 0.3) is 0 Å². The molecule has 0 aromatic carbocycles. The van der Waals surface area contributed by atoms with E-state index in [0.29, 0.717) is 11.5 Å². The van der Waals surface area contributed by atoms with Crippen molar-refractivity contribution in [2.75, 3.05) is 0 Å². The summed E-state index contributed by atoms with van der Waals surface area (Å²) in [5.74, 6) is 0.221. The average molecular weight is 230 g/mol. The third-order valence-corrected chi connectivity index (χ3v) is 2.67. The standard InChI is InChI=1S/C10H16ClN3O/c1-6(2)7(3)12-10(15)8-5-14(4)13-9(8)11/h5-7H,1-4H3,(H,12,15)/t7-/m1/s1. The van der Waals surface area contributed by atoms with Gasteiger partial charge < -0.3 is 5.32 Å². The van der Waals surface area contributed by atoms with Crippen molar-refractivity contribution < 1.29 is 4.79 Å². The van der Waals surface area contributed by atoms with Crippen molar-refractivity contribution in [3.05, 3.63) is 16.9 Å². The summed E-state index contributed by atoms with van der Waals surface area (Å²) >= 11 is 5.81. The molecule has 0 aliphatic heterocycles. The molecule has 4 nitrogen and oxygen atoms in total. The lowest BCUT2D eigenvalue weighted by atomic mass is 10.1. The van der Waals surface area contributed by atoms with E-state index in [1.165, 1.54) is 4.68 Å². The number of aryl methyl sites for hydroxylation is 1. The van der Waals surface area contributed by atoms with E-state index in [1.54, 1.807) is 13.2 Å². The summed E-state index contributed by atoms with van der Waals surface area (Å²) in [6, 6.07) is 0.119. The van der Waals surface area contributed by atoms with Crippen molar-refractivity contribution in [1.82, 2.24) is 15.1 Å². The first-order valence-electron chi connectivity index (χ1n) is 4.91. The third kappa shape index (κ3) is 2.96. The lowest BCUT2D eigenvalue weighted by Crippen LogP contribution is -2.36. The molecule has 0 fully saturated rings. The summed E-state index contributed by atoms with van der Waals surface area (Å²) in [5, 5.41) is 7.02. The van der Waals surface area contributed by atoms with Gasteiger partial charge >= 0.3 is 0 Å². The van der Waals surface area contributed by atoms with Gasteiger partial charge in [-0.15, -0.1) is 0 Å². The minimum atomic E-state index is -0.172. The zero-order valence-corrected chi connectivity index (χ0v) is 10.2. The van der Waals surface area contributed by atoms with Gasteiger partial charge in [0.1, 0.15) is 0 Å². The third-order valence-electron chi connectivity index (χ3n) is 2.39. The number of nitrogens with one attached hydrogen (secondary N) is 1. The van der Waals surface area contributed by atoms with Crippen molar-refractivity contribution in [1.29, 1.82) is 0 Å². The van der Waals surface area contributed by atoms with Crippen LogP contribution in [0.3, 0.4) is 0 Å². The first kappa shape index (κ1) is 12.0. The number of hydrogen-bond donors (Lipinski definition) is 1. The minimum Gasteiger partial charge on any atom is -0.349 e. The highest BCUT2D eigenvalue weighted by molar-refractivity contribution is 6.32. The van der Waals surface area contributed by atoms with Crippen LogP contribution in [0.15, 0.2) is 6.20 Å². The molecule has 1 heterocycles. The van der Waals surface area contributed by atoms with Crippen LogP contribution in [-0.2, 0) is 7.05 Å². The molecule has 5 heteroatoms. The quantitative estimate of drug-likeness (QED) is 0.860. The lowest BCUT2D eigenvalue weighted by Gasteiger charge is -2.16. The number of amides is 1. The van der Waals surface area contributed by atoms with E-state index < -0.39 is 0 Å². The largest absolute Gasteiger partial charge is 0.349 e. The van der Waals surface area contributed by atoms with Crippen LogP contribution in [0.4, 0.5) is 0 Å². The second-order valence-corrected chi connectivity index (χ2v) is 4.37. The minimum absolute atomic E-state index is 0.119. The number of nitrogens with zero attached hydrogens (tertiary/aromatic N) is 2. The van der Waals surface area contributed by atoms with Gasteiger partial charge in [0.05, 0.1) is 5.56 Å². The molecule has 0 saturated carbocycles. The van der Waals surface area contributed by atoms with Crippen LogP contribution in [0.2, 0.25) is 5.15 Å². The first-order chi connectivity index (χ1) is 6.91. The van der Waals surface area contributed by atoms with Gasteiger partial charge in [0.25, 0.3) is 5.91 Å². The monoisotopic (exact) mass is 229 g/mol. The second-order valence-electron chi connectivity index (χ2n) is 4.01. The smallest absolute Gasteiger partial charge is 0.256 e. The molecule has 0 aliphatic carbocycles. The Balaban J connectivity index is 2.73. The molecule has 0 radical (unpaired) electrons. The maximum atomic E-state index is 11.7. The van der Waals surface area contributed by atoms with Crippen LogP contribution in [0.1, 0.15) is 31.1 Å². The second kappa shape index (κ2) is 4.66. The molecule has 84 valence electrons. The molecule has 0 aliphatic rings. The van der Waals surface area contributed by atoms with Crippen molar-refractivity contribution in [2.24, 2.45) is 13.0 Å². The molecule has 1 aromatic rings. The molecular formula is C10H16ClN3O. The Morgan fingerprint density at radius 1 is 1.53 bits per heavy atom. The Morgan fingerprint density at radius 3 is 2.53 bits per heavy atom. The highest BCUT2D eigenvalue weighted by atomic mass is 35.5. The number of hydrogen-bond acceptors (Lipinski definition) is 2. The van der Waals surface area contributed by atoms with E-state index in [2.05, 4.69) is 24.3 Å². The summed E-state index contributed by atoms with van der Waals surface area (Å²) in [6.07, 6.45) is 1.62. The number of rotatable bonds is 3. The van der Waals surface area contributed by atoms with Crippen LogP contribution in [0.5, 0.6) is 0 Å². The Labute approximate surface area is 94.6 Å². The highest BCUT2D eigenvalue weighted by Gasteiger charge is 2.17. The van der Waals surface area contributed by atoms with Gasteiger partial charge in [0.15, 0.2) is 5.15 Å². The number of aromatic nitrogens is 2. The van der Waals surface area contributed by atoms with Crippen LogP contribution in [-0.4, -0.2) is 21.7 Å². The molecular weight excluding hydrogens is 214 g/mol. The molecule has 1 amide bonds. The van der Waals surface area contributed by atoms with E-state index in [0.717, 1.165) is 0 Å². The van der Waals surface area contributed by atoms with Crippen LogP contribution < -0.4 is 5.32 Å². The highest BCUT2D eigenvalue weighted by Crippen LogP contribution is 2.13. The number of halogens is 1. The fourth-order valence-electron chi connectivity index (χ4n) is 1.06. The molecule has 1 rings (SSSR count). The fourth-order valence-corrected chi connectivity index (χ4v) is 1.32. The van der Waals surface area contributed by atoms with Gasteiger partial charge in [0, 0.05) is 19.3 Å². The fraction of sp³-hybridized carbons (Fsp3) is 0.600. The molecule has 1 N–H and O–H groups in total. The van der Waals surface area contributed by atoms with Crippen LogP contribution >= 0.6 is 11.6 Å². The van der Waals surface area contributed by atoms with Gasteiger partial charge in [-0.2, -0.15) is 5.10 Å². The van der Waals surface area contributed by atoms with Crippen molar-refractivity contribution in [3.63, 3.8) is 0 Å².